The summed E-state index contributed by atoms with van der Waals surface area (Å²) in [5.41, 5.74) is 1.85. The number of halogens is 1. The largest absolute Gasteiger partial charge is 0.496 e. The number of amides is 1. The molecule has 0 unspecified atom stereocenters. The number of hydrogen-bond acceptors (Lipinski definition) is 4. The van der Waals surface area contributed by atoms with Crippen LogP contribution in [0, 0.1) is 0 Å². The third-order valence-corrected chi connectivity index (χ3v) is 3.84. The molecule has 126 valence electrons. The van der Waals surface area contributed by atoms with Crippen LogP contribution in [-0.4, -0.2) is 26.1 Å². The molecule has 0 aliphatic rings. The van der Waals surface area contributed by atoms with Crippen molar-refractivity contribution < 1.29 is 19.1 Å². The SMILES string of the molecule is COC(=O)c1cc(CNC(=O)Cc2ccccc2Cl)ccc1OC. The summed E-state index contributed by atoms with van der Waals surface area (Å²) in [4.78, 5) is 23.8. The van der Waals surface area contributed by atoms with Crippen LogP contribution < -0.4 is 10.1 Å². The molecule has 0 spiro atoms. The normalized spacial score (nSPS) is 10.1. The fourth-order valence-corrected chi connectivity index (χ4v) is 2.42. The molecule has 6 heteroatoms. The van der Waals surface area contributed by atoms with Crippen molar-refractivity contribution in [3.8, 4) is 5.75 Å². The summed E-state index contributed by atoms with van der Waals surface area (Å²) in [6, 6.07) is 12.3. The van der Waals surface area contributed by atoms with Crippen LogP contribution in [0.5, 0.6) is 5.75 Å². The second kappa shape index (κ2) is 8.36. The van der Waals surface area contributed by atoms with Gasteiger partial charge < -0.3 is 14.8 Å². The zero-order valence-electron chi connectivity index (χ0n) is 13.5. The number of ether oxygens (including phenoxy) is 2. The molecule has 2 aromatic rings. The molecule has 0 aliphatic carbocycles. The van der Waals surface area contributed by atoms with E-state index in [1.807, 2.05) is 18.2 Å². The minimum Gasteiger partial charge on any atom is -0.496 e. The second-order valence-electron chi connectivity index (χ2n) is 5.07. The fourth-order valence-electron chi connectivity index (χ4n) is 2.21. The zero-order valence-corrected chi connectivity index (χ0v) is 14.2. The predicted molar refractivity (Wildman–Crippen MR) is 91.3 cm³/mol. The highest BCUT2D eigenvalue weighted by molar-refractivity contribution is 6.31. The Balaban J connectivity index is 2.02. The van der Waals surface area contributed by atoms with Gasteiger partial charge in [0.05, 0.1) is 20.6 Å². The molecule has 0 fully saturated rings. The van der Waals surface area contributed by atoms with Gasteiger partial charge in [0, 0.05) is 11.6 Å². The van der Waals surface area contributed by atoms with Crippen molar-refractivity contribution in [2.75, 3.05) is 14.2 Å². The Bertz CT molecular complexity index is 746. The molecule has 0 aromatic heterocycles. The maximum absolute atomic E-state index is 12.1. The summed E-state index contributed by atoms with van der Waals surface area (Å²) in [7, 11) is 2.78. The monoisotopic (exact) mass is 347 g/mol. The van der Waals surface area contributed by atoms with Crippen LogP contribution in [0.25, 0.3) is 0 Å². The minimum atomic E-state index is -0.490. The van der Waals surface area contributed by atoms with Crippen molar-refractivity contribution in [2.24, 2.45) is 0 Å². The number of hydrogen-bond donors (Lipinski definition) is 1. The molecular weight excluding hydrogens is 330 g/mol. The van der Waals surface area contributed by atoms with Gasteiger partial charge in [-0.05, 0) is 29.3 Å². The highest BCUT2D eigenvalue weighted by Gasteiger charge is 2.14. The van der Waals surface area contributed by atoms with Crippen molar-refractivity contribution in [2.45, 2.75) is 13.0 Å². The van der Waals surface area contributed by atoms with Crippen molar-refractivity contribution in [3.63, 3.8) is 0 Å². The smallest absolute Gasteiger partial charge is 0.341 e. The van der Waals surface area contributed by atoms with Gasteiger partial charge in [-0.1, -0.05) is 35.9 Å². The van der Waals surface area contributed by atoms with E-state index in [2.05, 4.69) is 5.32 Å². The number of carbonyl (C=O) groups is 2. The van der Waals surface area contributed by atoms with E-state index in [9.17, 15) is 9.59 Å². The average molecular weight is 348 g/mol. The van der Waals surface area contributed by atoms with Crippen molar-refractivity contribution >= 4 is 23.5 Å². The van der Waals surface area contributed by atoms with E-state index in [1.165, 1.54) is 14.2 Å². The first-order chi connectivity index (χ1) is 11.5. The highest BCUT2D eigenvalue weighted by atomic mass is 35.5. The van der Waals surface area contributed by atoms with Crippen LogP contribution in [0.2, 0.25) is 5.02 Å². The molecule has 0 atom stereocenters. The van der Waals surface area contributed by atoms with E-state index < -0.39 is 5.97 Å². The molecule has 5 nitrogen and oxygen atoms in total. The Kier molecular flexibility index (Phi) is 6.21. The van der Waals surface area contributed by atoms with Crippen LogP contribution >= 0.6 is 11.6 Å². The summed E-state index contributed by atoms with van der Waals surface area (Å²) < 4.78 is 9.87. The van der Waals surface area contributed by atoms with Crippen molar-refractivity contribution in [1.82, 2.24) is 5.32 Å². The topological polar surface area (TPSA) is 64.6 Å². The van der Waals surface area contributed by atoms with Crippen LogP contribution in [-0.2, 0) is 22.5 Å². The average Bonchev–Trinajstić information content (AvgIpc) is 2.61. The number of methoxy groups -OCH3 is 2. The molecule has 0 radical (unpaired) electrons. The molecule has 1 amide bonds. The maximum Gasteiger partial charge on any atom is 0.341 e. The number of esters is 1. The molecule has 0 aliphatic heterocycles. The standard InChI is InChI=1S/C18H18ClNO4/c1-23-16-8-7-12(9-14(16)18(22)24-2)11-20-17(21)10-13-5-3-4-6-15(13)19/h3-9H,10-11H2,1-2H3,(H,20,21). The second-order valence-corrected chi connectivity index (χ2v) is 5.48. The first-order valence-corrected chi connectivity index (χ1v) is 7.68. The lowest BCUT2D eigenvalue weighted by Gasteiger charge is -2.10. The summed E-state index contributed by atoms with van der Waals surface area (Å²) in [6.45, 7) is 0.289. The van der Waals surface area contributed by atoms with Gasteiger partial charge in [0.15, 0.2) is 0 Å². The number of carbonyl (C=O) groups excluding carboxylic acids is 2. The maximum atomic E-state index is 12.1. The lowest BCUT2D eigenvalue weighted by atomic mass is 10.1. The van der Waals surface area contributed by atoms with E-state index in [0.717, 1.165) is 11.1 Å². The summed E-state index contributed by atoms with van der Waals surface area (Å²) in [5.74, 6) is -0.220. The number of nitrogens with one attached hydrogen (secondary N) is 1. The van der Waals surface area contributed by atoms with Crippen molar-refractivity contribution in [3.05, 3.63) is 64.2 Å². The summed E-state index contributed by atoms with van der Waals surface area (Å²) in [6.07, 6.45) is 0.194. The van der Waals surface area contributed by atoms with Crippen LogP contribution in [0.3, 0.4) is 0 Å². The fraction of sp³-hybridized carbons (Fsp3) is 0.222. The quantitative estimate of drug-likeness (QED) is 0.816. The van der Waals surface area contributed by atoms with E-state index in [0.29, 0.717) is 16.3 Å². The van der Waals surface area contributed by atoms with Crippen LogP contribution in [0.4, 0.5) is 0 Å². The van der Waals surface area contributed by atoms with Gasteiger partial charge in [-0.3, -0.25) is 4.79 Å². The summed E-state index contributed by atoms with van der Waals surface area (Å²) in [5, 5.41) is 3.37. The third kappa shape index (κ3) is 4.49. The third-order valence-electron chi connectivity index (χ3n) is 3.47. The van der Waals surface area contributed by atoms with Gasteiger partial charge in [-0.2, -0.15) is 0 Å². The molecule has 0 bridgehead atoms. The highest BCUT2D eigenvalue weighted by Crippen LogP contribution is 2.21. The van der Waals surface area contributed by atoms with E-state index in [1.54, 1.807) is 24.3 Å². The molecule has 2 aromatic carbocycles. The van der Waals surface area contributed by atoms with Crippen molar-refractivity contribution in [1.29, 1.82) is 0 Å². The Morgan fingerprint density at radius 2 is 1.88 bits per heavy atom. The molecule has 0 heterocycles. The number of rotatable bonds is 6. The van der Waals surface area contributed by atoms with Gasteiger partial charge >= 0.3 is 5.97 Å². The molecular formula is C18H18ClNO4. The number of benzene rings is 2. The van der Waals surface area contributed by atoms with E-state index >= 15 is 0 Å². The molecule has 2 rings (SSSR count). The van der Waals surface area contributed by atoms with Crippen LogP contribution in [0.15, 0.2) is 42.5 Å². The predicted octanol–water partition coefficient (Wildman–Crippen LogP) is 2.99. The lowest BCUT2D eigenvalue weighted by molar-refractivity contribution is -0.120. The minimum absolute atomic E-state index is 0.154. The molecule has 1 N–H and O–H groups in total. The van der Waals surface area contributed by atoms with E-state index in [-0.39, 0.29) is 18.9 Å². The lowest BCUT2D eigenvalue weighted by Crippen LogP contribution is -2.24. The van der Waals surface area contributed by atoms with Gasteiger partial charge in [0.1, 0.15) is 11.3 Å². The Morgan fingerprint density at radius 3 is 2.54 bits per heavy atom. The Labute approximate surface area is 145 Å². The Hall–Kier alpha value is -2.53. The van der Waals surface area contributed by atoms with Gasteiger partial charge in [0.2, 0.25) is 5.91 Å². The first kappa shape index (κ1) is 17.8. The van der Waals surface area contributed by atoms with Crippen LogP contribution in [0.1, 0.15) is 21.5 Å². The molecule has 0 saturated carbocycles. The summed E-state index contributed by atoms with van der Waals surface area (Å²) >= 11 is 6.05. The molecule has 0 saturated heterocycles. The zero-order chi connectivity index (χ0) is 17.5. The Morgan fingerprint density at radius 1 is 1.12 bits per heavy atom. The van der Waals surface area contributed by atoms with Gasteiger partial charge in [-0.15, -0.1) is 0 Å². The molecule has 24 heavy (non-hydrogen) atoms. The van der Waals surface area contributed by atoms with Gasteiger partial charge in [0.25, 0.3) is 0 Å². The van der Waals surface area contributed by atoms with E-state index in [4.69, 9.17) is 21.1 Å². The van der Waals surface area contributed by atoms with Gasteiger partial charge in [-0.25, -0.2) is 4.79 Å². The first-order valence-electron chi connectivity index (χ1n) is 7.30.